The summed E-state index contributed by atoms with van der Waals surface area (Å²) < 4.78 is 6.90. The van der Waals surface area contributed by atoms with E-state index in [2.05, 4.69) is 157 Å². The van der Waals surface area contributed by atoms with Gasteiger partial charge < -0.3 is 13.7 Å². The van der Waals surface area contributed by atoms with Crippen LogP contribution < -0.4 is 0 Å². The molecule has 0 aliphatic rings. The van der Waals surface area contributed by atoms with Crippen molar-refractivity contribution < 1.29 is 0 Å². The number of fused-ring (bicyclic) bond motifs is 9. The van der Waals surface area contributed by atoms with Gasteiger partial charge in [0.15, 0.2) is 5.69 Å². The van der Waals surface area contributed by atoms with E-state index >= 15 is 0 Å². The van der Waals surface area contributed by atoms with Crippen LogP contribution in [0.25, 0.3) is 103 Å². The van der Waals surface area contributed by atoms with Gasteiger partial charge in [-0.2, -0.15) is 0 Å². The molecule has 0 aliphatic carbocycles. The molecule has 0 unspecified atom stereocenters. The lowest BCUT2D eigenvalue weighted by Crippen LogP contribution is -1.97. The summed E-state index contributed by atoms with van der Waals surface area (Å²) >= 11 is 0. The van der Waals surface area contributed by atoms with Gasteiger partial charge in [-0.1, -0.05) is 109 Å². The topological polar surface area (TPSA) is 23.5 Å². The third-order valence-electron chi connectivity index (χ3n) is 11.1. The second kappa shape index (κ2) is 11.8. The average molecular weight is 700 g/mol. The first-order valence-electron chi connectivity index (χ1n) is 18.3. The van der Waals surface area contributed by atoms with Crippen molar-refractivity contribution in [2.24, 2.45) is 0 Å². The number of para-hydroxylation sites is 4. The number of nitrogens with zero attached hydrogens (tertiary/aromatic N) is 5. The van der Waals surface area contributed by atoms with E-state index in [9.17, 15) is 0 Å². The maximum Gasteiger partial charge on any atom is 0.211 e. The van der Waals surface area contributed by atoms with Gasteiger partial charge in [-0.05, 0) is 83.2 Å². The Kier molecular flexibility index (Phi) is 6.61. The Morgan fingerprint density at radius 1 is 0.327 bits per heavy atom. The minimum Gasteiger partial charge on any atom is -0.320 e. The van der Waals surface area contributed by atoms with Gasteiger partial charge in [0.1, 0.15) is 0 Å². The van der Waals surface area contributed by atoms with Gasteiger partial charge in [0, 0.05) is 38.1 Å². The van der Waals surface area contributed by atoms with Gasteiger partial charge in [-0.25, -0.2) is 9.69 Å². The van der Waals surface area contributed by atoms with E-state index in [1.807, 2.05) is 42.5 Å². The number of rotatable bonds is 4. The second-order valence-corrected chi connectivity index (χ2v) is 13.9. The largest absolute Gasteiger partial charge is 0.320 e. The van der Waals surface area contributed by atoms with Crippen LogP contribution in [0.5, 0.6) is 0 Å². The molecule has 5 heteroatoms. The maximum absolute atomic E-state index is 8.31. The van der Waals surface area contributed by atoms with Crippen LogP contribution in [0.2, 0.25) is 0 Å². The fourth-order valence-electron chi connectivity index (χ4n) is 8.81. The van der Waals surface area contributed by atoms with Crippen LogP contribution in [-0.4, -0.2) is 13.7 Å². The molecule has 8 aromatic carbocycles. The lowest BCUT2D eigenvalue weighted by Gasteiger charge is -2.14. The summed E-state index contributed by atoms with van der Waals surface area (Å²) in [4.78, 5) is 7.90. The van der Waals surface area contributed by atoms with Gasteiger partial charge >= 0.3 is 0 Å². The summed E-state index contributed by atoms with van der Waals surface area (Å²) in [6.45, 7) is 16.2. The van der Waals surface area contributed by atoms with E-state index in [0.29, 0.717) is 11.4 Å². The lowest BCUT2D eigenvalue weighted by atomic mass is 10.0. The zero-order valence-electron chi connectivity index (χ0n) is 29.5. The predicted octanol–water partition coefficient (Wildman–Crippen LogP) is 13.7. The highest BCUT2D eigenvalue weighted by atomic mass is 15.0. The van der Waals surface area contributed by atoms with E-state index in [1.165, 1.54) is 32.6 Å². The molecule has 11 rings (SSSR count). The van der Waals surface area contributed by atoms with Crippen molar-refractivity contribution in [3.8, 4) is 28.2 Å². The smallest absolute Gasteiger partial charge is 0.211 e. The van der Waals surface area contributed by atoms with E-state index in [-0.39, 0.29) is 0 Å². The van der Waals surface area contributed by atoms with Crippen molar-refractivity contribution in [3.05, 3.63) is 199 Å². The average Bonchev–Trinajstić information content (AvgIpc) is 3.89. The highest BCUT2D eigenvalue weighted by Crippen LogP contribution is 2.43. The standard InChI is InChI=1S/C50H29N5/c1-51-39-20-12-25-46-49(39)37-18-5-10-24-44(37)55(46)45-29-28-33(31-40(45)52-2)32-14-11-15-34(30-32)53-43-23-9-6-19-38(43)50-47(53)26-13-27-48(50)54-41-21-7-3-16-35(41)36-17-4-8-22-42(36)54/h3-31H. The monoisotopic (exact) mass is 699 g/mol. The Morgan fingerprint density at radius 2 is 0.818 bits per heavy atom. The van der Waals surface area contributed by atoms with Crippen molar-refractivity contribution in [2.75, 3.05) is 0 Å². The molecular weight excluding hydrogens is 671 g/mol. The molecule has 0 saturated carbocycles. The van der Waals surface area contributed by atoms with Crippen molar-refractivity contribution in [3.63, 3.8) is 0 Å². The highest BCUT2D eigenvalue weighted by Gasteiger charge is 2.21. The van der Waals surface area contributed by atoms with Crippen LogP contribution in [0, 0.1) is 13.1 Å². The number of hydrogen-bond donors (Lipinski definition) is 0. The first-order chi connectivity index (χ1) is 27.2. The molecule has 0 spiro atoms. The first kappa shape index (κ1) is 30.7. The number of aromatic nitrogens is 3. The molecule has 0 fully saturated rings. The van der Waals surface area contributed by atoms with Gasteiger partial charge in [0.05, 0.1) is 52.1 Å². The normalized spacial score (nSPS) is 11.6. The molecule has 3 heterocycles. The fourth-order valence-corrected chi connectivity index (χ4v) is 8.81. The predicted molar refractivity (Wildman–Crippen MR) is 227 cm³/mol. The lowest BCUT2D eigenvalue weighted by molar-refractivity contribution is 1.17. The zero-order chi connectivity index (χ0) is 36.6. The third kappa shape index (κ3) is 4.39. The maximum atomic E-state index is 8.31. The molecule has 254 valence electrons. The fraction of sp³-hybridized carbons (Fsp3) is 0. The van der Waals surface area contributed by atoms with Crippen LogP contribution in [0.15, 0.2) is 176 Å². The summed E-state index contributed by atoms with van der Waals surface area (Å²) in [5.74, 6) is 0. The molecule has 0 atom stereocenters. The molecular formula is C50H29N5. The third-order valence-corrected chi connectivity index (χ3v) is 11.1. The molecule has 0 amide bonds. The summed E-state index contributed by atoms with van der Waals surface area (Å²) in [7, 11) is 0. The van der Waals surface area contributed by atoms with Crippen LogP contribution >= 0.6 is 0 Å². The van der Waals surface area contributed by atoms with Gasteiger partial charge in [-0.15, -0.1) is 0 Å². The van der Waals surface area contributed by atoms with Gasteiger partial charge in [-0.3, -0.25) is 0 Å². The van der Waals surface area contributed by atoms with Crippen molar-refractivity contribution in [1.82, 2.24) is 13.7 Å². The van der Waals surface area contributed by atoms with E-state index < -0.39 is 0 Å². The van der Waals surface area contributed by atoms with Crippen molar-refractivity contribution in [1.29, 1.82) is 0 Å². The van der Waals surface area contributed by atoms with Gasteiger partial charge in [0.2, 0.25) is 5.69 Å². The van der Waals surface area contributed by atoms with E-state index in [1.54, 1.807) is 0 Å². The summed E-state index contributed by atoms with van der Waals surface area (Å²) in [6, 6.07) is 61.3. The first-order valence-corrected chi connectivity index (χ1v) is 18.3. The zero-order valence-corrected chi connectivity index (χ0v) is 29.5. The minimum absolute atomic E-state index is 0.548. The van der Waals surface area contributed by atoms with E-state index in [4.69, 9.17) is 13.1 Å². The molecule has 0 radical (unpaired) electrons. The molecule has 11 aromatic rings. The van der Waals surface area contributed by atoms with Crippen LogP contribution in [0.3, 0.4) is 0 Å². The quantitative estimate of drug-likeness (QED) is 0.163. The second-order valence-electron chi connectivity index (χ2n) is 13.9. The summed E-state index contributed by atoms with van der Waals surface area (Å²) in [6.07, 6.45) is 0. The van der Waals surface area contributed by atoms with Crippen LogP contribution in [0.4, 0.5) is 11.4 Å². The SMILES string of the molecule is [C-]#[N+]c1cc(-c2cccc(-n3c4ccccc4c4c(-n5c6ccccc6c6ccccc65)cccc43)c2)ccc1-n1c2ccccc2c2c([N+]#[C-])cccc21. The Balaban J connectivity index is 1.09. The molecule has 5 nitrogen and oxygen atoms in total. The molecule has 0 saturated heterocycles. The Bertz CT molecular complexity index is 3420. The Morgan fingerprint density at radius 3 is 1.49 bits per heavy atom. The number of hydrogen-bond acceptors (Lipinski definition) is 0. The van der Waals surface area contributed by atoms with E-state index in [0.717, 1.165) is 61.0 Å². The summed E-state index contributed by atoms with van der Waals surface area (Å²) in [5.41, 5.74) is 12.6. The molecule has 55 heavy (non-hydrogen) atoms. The van der Waals surface area contributed by atoms with Gasteiger partial charge in [0.25, 0.3) is 0 Å². The number of benzene rings is 8. The molecule has 3 aromatic heterocycles. The highest BCUT2D eigenvalue weighted by molar-refractivity contribution is 6.17. The van der Waals surface area contributed by atoms with Crippen LogP contribution in [-0.2, 0) is 0 Å². The van der Waals surface area contributed by atoms with Crippen LogP contribution in [0.1, 0.15) is 0 Å². The summed E-state index contributed by atoms with van der Waals surface area (Å²) in [5, 5.41) is 6.78. The molecule has 0 bridgehead atoms. The Labute approximate surface area is 316 Å². The minimum atomic E-state index is 0.548. The van der Waals surface area contributed by atoms with Crippen molar-refractivity contribution in [2.45, 2.75) is 0 Å². The Hall–Kier alpha value is -7.86. The molecule has 0 aliphatic heterocycles. The van der Waals surface area contributed by atoms with Crippen molar-refractivity contribution >= 4 is 76.8 Å². The molecule has 0 N–H and O–H groups in total.